The summed E-state index contributed by atoms with van der Waals surface area (Å²) in [7, 11) is -4.29. The quantitative estimate of drug-likeness (QED) is 0.378. The molecule has 0 radical (unpaired) electrons. The summed E-state index contributed by atoms with van der Waals surface area (Å²) >= 11 is 0. The van der Waals surface area contributed by atoms with Crippen LogP contribution in [0.1, 0.15) is 49.3 Å². The minimum atomic E-state index is -4.29. The van der Waals surface area contributed by atoms with Crippen LogP contribution in [0.2, 0.25) is 0 Å². The van der Waals surface area contributed by atoms with Crippen LogP contribution in [0.4, 0.5) is 16.0 Å². The fraction of sp³-hybridized carbons (Fsp3) is 0.320. The van der Waals surface area contributed by atoms with E-state index in [1.807, 2.05) is 39.3 Å². The fourth-order valence-corrected chi connectivity index (χ4v) is 4.06. The van der Waals surface area contributed by atoms with Crippen molar-refractivity contribution in [3.63, 3.8) is 0 Å². The molecule has 9 nitrogen and oxygen atoms in total. The maximum atomic E-state index is 14.3. The molecule has 198 valence electrons. The van der Waals surface area contributed by atoms with Crippen LogP contribution >= 0.6 is 0 Å². The van der Waals surface area contributed by atoms with Crippen LogP contribution in [0.25, 0.3) is 11.3 Å². The fourth-order valence-electron chi connectivity index (χ4n) is 3.12. The first kappa shape index (κ1) is 26.9. The third kappa shape index (κ3) is 7.14. The molecule has 0 unspecified atom stereocenters. The second-order valence-electron chi connectivity index (χ2n) is 9.68. The lowest BCUT2D eigenvalue weighted by atomic mass is 10.1. The number of carbonyl (C=O) groups is 1. The van der Waals surface area contributed by atoms with Crippen molar-refractivity contribution in [3.8, 4) is 17.0 Å². The molecule has 0 saturated heterocycles. The maximum absolute atomic E-state index is 14.3. The van der Waals surface area contributed by atoms with Crippen molar-refractivity contribution in [1.29, 1.82) is 0 Å². The van der Waals surface area contributed by atoms with Crippen molar-refractivity contribution in [2.45, 2.75) is 45.2 Å². The molecular formula is C25H36FN5O4S. The number of aromatic nitrogens is 2. The van der Waals surface area contributed by atoms with Gasteiger partial charge in [0.2, 0.25) is 0 Å². The number of nitrogens with zero attached hydrogens (tertiary/aromatic N) is 2. The first-order valence-electron chi connectivity index (χ1n) is 11.3. The third-order valence-corrected chi connectivity index (χ3v) is 5.86. The Kier molecular flexibility index (Phi) is 7.83. The number of hydrogen-bond acceptors (Lipinski definition) is 8. The summed E-state index contributed by atoms with van der Waals surface area (Å²) in [6.45, 7) is 9.96. The van der Waals surface area contributed by atoms with E-state index in [2.05, 4.69) is 15.3 Å². The summed E-state index contributed by atoms with van der Waals surface area (Å²) in [5.41, 5.74) is 5.84. The number of benzene rings is 1. The third-order valence-electron chi connectivity index (χ3n) is 4.63. The Morgan fingerprint density at radius 1 is 1.14 bits per heavy atom. The van der Waals surface area contributed by atoms with Gasteiger partial charge in [-0.25, -0.2) is 19.1 Å². The topological polar surface area (TPSA) is 136 Å². The van der Waals surface area contributed by atoms with Crippen molar-refractivity contribution < 1.29 is 26.6 Å². The Labute approximate surface area is 214 Å². The van der Waals surface area contributed by atoms with Crippen molar-refractivity contribution in [2.75, 3.05) is 17.7 Å². The summed E-state index contributed by atoms with van der Waals surface area (Å²) in [5, 5.41) is 2.73. The molecule has 3 rings (SSSR count). The molecule has 4 N–H and O–H groups in total. The van der Waals surface area contributed by atoms with E-state index in [-0.39, 0.29) is 32.4 Å². The Balaban J connectivity index is 0.00000481. The minimum absolute atomic E-state index is 0. The molecule has 0 aliphatic rings. The summed E-state index contributed by atoms with van der Waals surface area (Å²) in [4.78, 5) is 21.3. The molecule has 0 spiro atoms. The molecule has 1 amide bonds. The summed E-state index contributed by atoms with van der Waals surface area (Å²) in [6, 6.07) is 11.3. The number of nitrogen functional groups attached to an aromatic ring is 1. The van der Waals surface area contributed by atoms with Gasteiger partial charge < -0.3 is 15.8 Å². The van der Waals surface area contributed by atoms with Gasteiger partial charge in [-0.3, -0.25) is 4.79 Å². The van der Waals surface area contributed by atoms with Gasteiger partial charge in [-0.15, -0.1) is 0 Å². The largest absolute Gasteiger partial charge is 0.493 e. The van der Waals surface area contributed by atoms with Gasteiger partial charge in [0.15, 0.2) is 5.03 Å². The van der Waals surface area contributed by atoms with Gasteiger partial charge in [0.25, 0.3) is 15.9 Å². The standard InChI is InChI=1S/C25H30FN5O4S.3H2/c1-15(2)14-35-18-12-16(11-17(26)13-18)20-10-9-19(23(28-20)30-25(3,4)5)24(32)31-36(33,34)22-8-6-7-21(27)29-22;;;/h6-13,15H,14H2,1-5H3,(H2,27,29)(H,28,30)(H,31,32);3*1H. The van der Waals surface area contributed by atoms with E-state index in [9.17, 15) is 17.6 Å². The Hall–Kier alpha value is -3.73. The minimum Gasteiger partial charge on any atom is -0.493 e. The van der Waals surface area contributed by atoms with Gasteiger partial charge in [-0.05, 0) is 63.1 Å². The molecule has 2 heterocycles. The van der Waals surface area contributed by atoms with Crippen LogP contribution in [-0.2, 0) is 10.0 Å². The van der Waals surface area contributed by atoms with Gasteiger partial charge in [0.1, 0.15) is 23.2 Å². The number of nitrogens with one attached hydrogen (secondary N) is 2. The smallest absolute Gasteiger partial charge is 0.281 e. The summed E-state index contributed by atoms with van der Waals surface area (Å²) < 4.78 is 47.4. The number of nitrogens with two attached hydrogens (primary N) is 1. The highest BCUT2D eigenvalue weighted by Crippen LogP contribution is 2.28. The highest BCUT2D eigenvalue weighted by Gasteiger charge is 2.25. The molecular weight excluding hydrogens is 485 g/mol. The lowest BCUT2D eigenvalue weighted by molar-refractivity contribution is 0.0981. The molecule has 0 aliphatic carbocycles. The van der Waals surface area contributed by atoms with Crippen molar-refractivity contribution >= 4 is 27.6 Å². The molecule has 0 bridgehead atoms. The van der Waals surface area contributed by atoms with Crippen LogP contribution in [0.5, 0.6) is 5.75 Å². The lowest BCUT2D eigenvalue weighted by Gasteiger charge is -2.23. The lowest BCUT2D eigenvalue weighted by Crippen LogP contribution is -2.34. The van der Waals surface area contributed by atoms with Gasteiger partial charge in [0.05, 0.1) is 17.9 Å². The number of anilines is 2. The number of rotatable bonds is 8. The Bertz CT molecular complexity index is 1390. The van der Waals surface area contributed by atoms with Crippen LogP contribution < -0.4 is 20.5 Å². The van der Waals surface area contributed by atoms with Gasteiger partial charge in [-0.2, -0.15) is 8.42 Å². The SMILES string of the molecule is CC(C)COc1cc(F)cc(-c2ccc(C(=O)NS(=O)(=O)c3cccc(N)n3)c(NC(C)(C)C)n2)c1.[HH].[HH].[HH]. The number of amides is 1. The predicted octanol–water partition coefficient (Wildman–Crippen LogP) is 4.97. The average molecular weight is 522 g/mol. The highest BCUT2D eigenvalue weighted by atomic mass is 32.2. The van der Waals surface area contributed by atoms with Crippen LogP contribution in [-0.4, -0.2) is 36.4 Å². The molecule has 36 heavy (non-hydrogen) atoms. The second-order valence-corrected chi connectivity index (χ2v) is 11.3. The number of ether oxygens (including phenoxy) is 1. The van der Waals surface area contributed by atoms with E-state index < -0.39 is 27.3 Å². The first-order chi connectivity index (χ1) is 16.7. The van der Waals surface area contributed by atoms with E-state index >= 15 is 0 Å². The molecule has 0 fully saturated rings. The number of halogens is 1. The number of sulfonamides is 1. The number of carbonyl (C=O) groups excluding carboxylic acids is 1. The van der Waals surface area contributed by atoms with Crippen molar-refractivity contribution in [2.24, 2.45) is 5.92 Å². The zero-order chi connectivity index (χ0) is 26.7. The monoisotopic (exact) mass is 521 g/mol. The van der Waals surface area contributed by atoms with E-state index in [0.717, 1.165) is 0 Å². The molecule has 0 saturated carbocycles. The molecule has 11 heteroatoms. The molecule has 3 aromatic rings. The van der Waals surface area contributed by atoms with Crippen LogP contribution in [0, 0.1) is 11.7 Å². The number of hydrogen-bond donors (Lipinski definition) is 3. The zero-order valence-corrected chi connectivity index (χ0v) is 21.6. The Morgan fingerprint density at radius 3 is 2.50 bits per heavy atom. The molecule has 0 aliphatic heterocycles. The Morgan fingerprint density at radius 2 is 1.86 bits per heavy atom. The molecule has 2 aromatic heterocycles. The maximum Gasteiger partial charge on any atom is 0.281 e. The molecule has 0 atom stereocenters. The normalized spacial score (nSPS) is 11.9. The number of pyridine rings is 2. The van der Waals surface area contributed by atoms with E-state index in [0.29, 0.717) is 23.6 Å². The predicted molar refractivity (Wildman–Crippen MR) is 143 cm³/mol. The van der Waals surface area contributed by atoms with Crippen molar-refractivity contribution in [3.05, 3.63) is 59.9 Å². The molecule has 1 aromatic carbocycles. The van der Waals surface area contributed by atoms with E-state index in [1.165, 1.54) is 42.5 Å². The first-order valence-corrected chi connectivity index (χ1v) is 12.7. The van der Waals surface area contributed by atoms with Gasteiger partial charge in [0, 0.05) is 21.4 Å². The van der Waals surface area contributed by atoms with Gasteiger partial charge in [-0.1, -0.05) is 19.9 Å². The van der Waals surface area contributed by atoms with Crippen LogP contribution in [0.3, 0.4) is 0 Å². The van der Waals surface area contributed by atoms with Crippen LogP contribution in [0.15, 0.2) is 53.6 Å². The van der Waals surface area contributed by atoms with Gasteiger partial charge >= 0.3 is 0 Å². The van der Waals surface area contributed by atoms with E-state index in [4.69, 9.17) is 10.5 Å². The summed E-state index contributed by atoms with van der Waals surface area (Å²) in [5.74, 6) is -0.672. The average Bonchev–Trinajstić information content (AvgIpc) is 2.76. The van der Waals surface area contributed by atoms with E-state index in [1.54, 1.807) is 6.07 Å². The second kappa shape index (κ2) is 10.5. The van der Waals surface area contributed by atoms with Crippen molar-refractivity contribution in [1.82, 2.24) is 14.7 Å². The summed E-state index contributed by atoms with van der Waals surface area (Å²) in [6.07, 6.45) is 0. The zero-order valence-electron chi connectivity index (χ0n) is 20.8. The highest BCUT2D eigenvalue weighted by molar-refractivity contribution is 7.90.